The second-order valence-electron chi connectivity index (χ2n) is 5.64. The maximum absolute atomic E-state index is 13.6. The smallest absolute Gasteiger partial charge is 0.310 e. The van der Waals surface area contributed by atoms with Crippen molar-refractivity contribution in [3.05, 3.63) is 58.9 Å². The third kappa shape index (κ3) is 7.08. The largest absolute Gasteiger partial charge is 0.494 e. The van der Waals surface area contributed by atoms with Gasteiger partial charge in [0.05, 0.1) is 19.6 Å². The minimum absolute atomic E-state index is 0.0401. The van der Waals surface area contributed by atoms with Gasteiger partial charge < -0.3 is 19.5 Å². The molecule has 0 atom stereocenters. The average Bonchev–Trinajstić information content (AvgIpc) is 2.68. The van der Waals surface area contributed by atoms with Crippen LogP contribution in [0.1, 0.15) is 12.5 Å². The Morgan fingerprint density at radius 2 is 1.75 bits per heavy atom. The fourth-order valence-corrected chi connectivity index (χ4v) is 2.48. The Kier molecular flexibility index (Phi) is 8.55. The number of amides is 1. The molecule has 1 amide bonds. The SMILES string of the molecule is CCOc1ccc(OCCNC(=O)COC(=O)Cc2c(F)cccc2Cl)cc1. The molecule has 0 bridgehead atoms. The van der Waals surface area contributed by atoms with Crippen molar-refractivity contribution < 1.29 is 28.2 Å². The van der Waals surface area contributed by atoms with Crippen molar-refractivity contribution in [1.82, 2.24) is 5.32 Å². The van der Waals surface area contributed by atoms with E-state index < -0.39 is 24.3 Å². The van der Waals surface area contributed by atoms with Crippen LogP contribution in [0, 0.1) is 5.82 Å². The molecular formula is C20H21ClFNO5. The van der Waals surface area contributed by atoms with Crippen LogP contribution in [0.5, 0.6) is 11.5 Å². The molecule has 0 saturated heterocycles. The van der Waals surface area contributed by atoms with Crippen LogP contribution < -0.4 is 14.8 Å². The van der Waals surface area contributed by atoms with E-state index in [0.29, 0.717) is 12.4 Å². The van der Waals surface area contributed by atoms with Crippen LogP contribution in [0.3, 0.4) is 0 Å². The lowest BCUT2D eigenvalue weighted by Gasteiger charge is -2.09. The molecule has 28 heavy (non-hydrogen) atoms. The number of halogens is 2. The summed E-state index contributed by atoms with van der Waals surface area (Å²) in [6.07, 6.45) is -0.348. The number of benzene rings is 2. The quantitative estimate of drug-likeness (QED) is 0.482. The van der Waals surface area contributed by atoms with Crippen molar-refractivity contribution >= 4 is 23.5 Å². The van der Waals surface area contributed by atoms with Crippen molar-refractivity contribution in [3.8, 4) is 11.5 Å². The van der Waals surface area contributed by atoms with Gasteiger partial charge in [-0.3, -0.25) is 9.59 Å². The molecule has 150 valence electrons. The zero-order chi connectivity index (χ0) is 20.4. The lowest BCUT2D eigenvalue weighted by atomic mass is 10.1. The standard InChI is InChI=1S/C20H21ClFNO5/c1-2-26-14-6-8-15(9-7-14)27-11-10-23-19(24)13-28-20(25)12-16-17(21)4-3-5-18(16)22/h3-9H,2,10-13H2,1H3,(H,23,24). The molecule has 0 fully saturated rings. The van der Waals surface area contributed by atoms with Gasteiger partial charge in [0.2, 0.25) is 0 Å². The van der Waals surface area contributed by atoms with E-state index in [2.05, 4.69) is 5.32 Å². The number of hydrogen-bond acceptors (Lipinski definition) is 5. The minimum Gasteiger partial charge on any atom is -0.494 e. The van der Waals surface area contributed by atoms with Crippen LogP contribution >= 0.6 is 11.6 Å². The van der Waals surface area contributed by atoms with Crippen LogP contribution in [0.2, 0.25) is 5.02 Å². The van der Waals surface area contributed by atoms with Crippen LogP contribution in [-0.4, -0.2) is 38.2 Å². The number of carbonyl (C=O) groups excluding carboxylic acids is 2. The normalized spacial score (nSPS) is 10.2. The molecular weight excluding hydrogens is 389 g/mol. The highest BCUT2D eigenvalue weighted by Gasteiger charge is 2.14. The number of nitrogens with one attached hydrogen (secondary N) is 1. The Balaban J connectivity index is 1.64. The summed E-state index contributed by atoms with van der Waals surface area (Å²) >= 11 is 5.85. The molecule has 0 saturated carbocycles. The summed E-state index contributed by atoms with van der Waals surface area (Å²) < 4.78 is 29.3. The fourth-order valence-electron chi connectivity index (χ4n) is 2.25. The molecule has 0 aliphatic rings. The Morgan fingerprint density at radius 3 is 2.39 bits per heavy atom. The van der Waals surface area contributed by atoms with Crippen molar-refractivity contribution in [2.45, 2.75) is 13.3 Å². The molecule has 1 N–H and O–H groups in total. The number of hydrogen-bond donors (Lipinski definition) is 1. The summed E-state index contributed by atoms with van der Waals surface area (Å²) in [5.41, 5.74) is 0.0401. The predicted molar refractivity (Wildman–Crippen MR) is 102 cm³/mol. The number of esters is 1. The lowest BCUT2D eigenvalue weighted by Crippen LogP contribution is -2.32. The fraction of sp³-hybridized carbons (Fsp3) is 0.300. The maximum Gasteiger partial charge on any atom is 0.310 e. The second kappa shape index (κ2) is 11.1. The third-order valence-corrected chi connectivity index (χ3v) is 3.93. The van der Waals surface area contributed by atoms with E-state index >= 15 is 0 Å². The van der Waals surface area contributed by atoms with Gasteiger partial charge >= 0.3 is 5.97 Å². The number of rotatable bonds is 10. The van der Waals surface area contributed by atoms with Crippen LogP contribution in [-0.2, 0) is 20.7 Å². The van der Waals surface area contributed by atoms with Gasteiger partial charge in [0.25, 0.3) is 5.91 Å². The van der Waals surface area contributed by atoms with Gasteiger partial charge in [0.1, 0.15) is 23.9 Å². The van der Waals surface area contributed by atoms with Crippen molar-refractivity contribution in [2.75, 3.05) is 26.4 Å². The Morgan fingerprint density at radius 1 is 1.07 bits per heavy atom. The van der Waals surface area contributed by atoms with Crippen LogP contribution in [0.15, 0.2) is 42.5 Å². The third-order valence-electron chi connectivity index (χ3n) is 3.57. The molecule has 6 nitrogen and oxygen atoms in total. The molecule has 0 aliphatic carbocycles. The summed E-state index contributed by atoms with van der Waals surface area (Å²) in [4.78, 5) is 23.4. The number of ether oxygens (including phenoxy) is 3. The highest BCUT2D eigenvalue weighted by Crippen LogP contribution is 2.20. The topological polar surface area (TPSA) is 73.9 Å². The van der Waals surface area contributed by atoms with Gasteiger partial charge in [0.15, 0.2) is 6.61 Å². The number of carbonyl (C=O) groups is 2. The zero-order valence-corrected chi connectivity index (χ0v) is 16.1. The molecule has 0 aliphatic heterocycles. The van der Waals surface area contributed by atoms with Gasteiger partial charge in [-0.05, 0) is 43.3 Å². The highest BCUT2D eigenvalue weighted by atomic mass is 35.5. The Bertz CT molecular complexity index is 777. The van der Waals surface area contributed by atoms with E-state index in [-0.39, 0.29) is 30.2 Å². The van der Waals surface area contributed by atoms with Crippen LogP contribution in [0.4, 0.5) is 4.39 Å². The van der Waals surface area contributed by atoms with Crippen molar-refractivity contribution in [1.29, 1.82) is 0 Å². The second-order valence-corrected chi connectivity index (χ2v) is 6.05. The molecule has 0 unspecified atom stereocenters. The first kappa shape index (κ1) is 21.5. The minimum atomic E-state index is -0.743. The van der Waals surface area contributed by atoms with Gasteiger partial charge in [-0.15, -0.1) is 0 Å². The molecule has 8 heteroatoms. The van der Waals surface area contributed by atoms with E-state index in [1.807, 2.05) is 6.92 Å². The zero-order valence-electron chi connectivity index (χ0n) is 15.4. The predicted octanol–water partition coefficient (Wildman–Crippen LogP) is 3.16. The Labute approximate surface area is 167 Å². The van der Waals surface area contributed by atoms with E-state index in [1.165, 1.54) is 18.2 Å². The van der Waals surface area contributed by atoms with Gasteiger partial charge in [-0.1, -0.05) is 17.7 Å². The first-order valence-electron chi connectivity index (χ1n) is 8.70. The first-order chi connectivity index (χ1) is 13.5. The molecule has 0 radical (unpaired) electrons. The van der Waals surface area contributed by atoms with Gasteiger partial charge in [-0.25, -0.2) is 4.39 Å². The molecule has 0 aromatic heterocycles. The molecule has 2 aromatic rings. The maximum atomic E-state index is 13.6. The average molecular weight is 410 g/mol. The first-order valence-corrected chi connectivity index (χ1v) is 9.08. The molecule has 0 heterocycles. The highest BCUT2D eigenvalue weighted by molar-refractivity contribution is 6.31. The van der Waals surface area contributed by atoms with E-state index in [4.69, 9.17) is 25.8 Å². The monoisotopic (exact) mass is 409 g/mol. The lowest BCUT2D eigenvalue weighted by molar-refractivity contribution is -0.147. The van der Waals surface area contributed by atoms with Gasteiger partial charge in [-0.2, -0.15) is 0 Å². The molecule has 2 aromatic carbocycles. The van der Waals surface area contributed by atoms with Crippen molar-refractivity contribution in [3.63, 3.8) is 0 Å². The summed E-state index contributed by atoms with van der Waals surface area (Å²) in [5.74, 6) is -0.427. The molecule has 0 spiro atoms. The summed E-state index contributed by atoms with van der Waals surface area (Å²) in [6.45, 7) is 2.51. The summed E-state index contributed by atoms with van der Waals surface area (Å²) in [6, 6.07) is 11.2. The van der Waals surface area contributed by atoms with E-state index in [9.17, 15) is 14.0 Å². The van der Waals surface area contributed by atoms with E-state index in [0.717, 1.165) is 5.75 Å². The van der Waals surface area contributed by atoms with Crippen molar-refractivity contribution in [2.24, 2.45) is 0 Å². The van der Waals surface area contributed by atoms with E-state index in [1.54, 1.807) is 24.3 Å². The summed E-state index contributed by atoms with van der Waals surface area (Å²) in [5, 5.41) is 2.69. The summed E-state index contributed by atoms with van der Waals surface area (Å²) in [7, 11) is 0. The Hall–Kier alpha value is -2.80. The molecule has 2 rings (SSSR count). The van der Waals surface area contributed by atoms with Crippen LogP contribution in [0.25, 0.3) is 0 Å². The van der Waals surface area contributed by atoms with Gasteiger partial charge in [0, 0.05) is 10.6 Å².